The Kier molecular flexibility index (Phi) is 4.07. The lowest BCUT2D eigenvalue weighted by molar-refractivity contribution is 0.743. The Morgan fingerprint density at radius 1 is 1.44 bits per heavy atom. The average molecular weight is 244 g/mol. The number of hydrogen-bond acceptors (Lipinski definition) is 2. The molecule has 0 radical (unpaired) electrons. The van der Waals surface area contributed by atoms with Gasteiger partial charge >= 0.3 is 0 Å². The number of nitrogens with two attached hydrogens (primary N) is 1. The second kappa shape index (κ2) is 5.57. The molecule has 0 aliphatic carbocycles. The molecule has 0 atom stereocenters. The zero-order chi connectivity index (χ0) is 13.1. The lowest BCUT2D eigenvalue weighted by Gasteiger charge is -2.27. The first-order valence-electron chi connectivity index (χ1n) is 6.86. The van der Waals surface area contributed by atoms with Crippen LogP contribution in [0.3, 0.4) is 0 Å². The van der Waals surface area contributed by atoms with Crippen molar-refractivity contribution in [2.45, 2.75) is 26.7 Å². The SMILES string of the molecule is CC(C)C(=Cc1ccc2c(c1)CCCN2C)CN. The van der Waals surface area contributed by atoms with E-state index >= 15 is 0 Å². The van der Waals surface area contributed by atoms with Crippen LogP contribution in [0.4, 0.5) is 5.69 Å². The highest BCUT2D eigenvalue weighted by molar-refractivity contribution is 5.63. The van der Waals surface area contributed by atoms with Crippen molar-refractivity contribution in [3.05, 3.63) is 34.9 Å². The van der Waals surface area contributed by atoms with Gasteiger partial charge in [0.05, 0.1) is 0 Å². The lowest BCUT2D eigenvalue weighted by atomic mass is 9.96. The summed E-state index contributed by atoms with van der Waals surface area (Å²) in [5.74, 6) is 0.522. The first-order valence-corrected chi connectivity index (χ1v) is 6.86. The molecule has 1 aliphatic rings. The van der Waals surface area contributed by atoms with Gasteiger partial charge in [-0.1, -0.05) is 31.6 Å². The smallest absolute Gasteiger partial charge is 0.0396 e. The van der Waals surface area contributed by atoms with E-state index in [0.29, 0.717) is 12.5 Å². The van der Waals surface area contributed by atoms with Crippen molar-refractivity contribution in [2.24, 2.45) is 11.7 Å². The van der Waals surface area contributed by atoms with Crippen LogP contribution in [0.15, 0.2) is 23.8 Å². The van der Waals surface area contributed by atoms with Gasteiger partial charge in [0.25, 0.3) is 0 Å². The van der Waals surface area contributed by atoms with Crippen LogP contribution in [0.25, 0.3) is 6.08 Å². The summed E-state index contributed by atoms with van der Waals surface area (Å²) in [6, 6.07) is 6.77. The summed E-state index contributed by atoms with van der Waals surface area (Å²) in [4.78, 5) is 2.35. The van der Waals surface area contributed by atoms with Crippen molar-refractivity contribution >= 4 is 11.8 Å². The third-order valence-corrected chi connectivity index (χ3v) is 3.78. The number of anilines is 1. The van der Waals surface area contributed by atoms with E-state index in [4.69, 9.17) is 5.73 Å². The fourth-order valence-electron chi connectivity index (χ4n) is 2.57. The highest BCUT2D eigenvalue weighted by Gasteiger charge is 2.13. The van der Waals surface area contributed by atoms with Crippen molar-refractivity contribution in [2.75, 3.05) is 25.0 Å². The van der Waals surface area contributed by atoms with Crippen LogP contribution >= 0.6 is 0 Å². The molecule has 0 saturated carbocycles. The molecule has 2 nitrogen and oxygen atoms in total. The van der Waals surface area contributed by atoms with Gasteiger partial charge in [-0.2, -0.15) is 0 Å². The van der Waals surface area contributed by atoms with Gasteiger partial charge < -0.3 is 10.6 Å². The summed E-state index contributed by atoms with van der Waals surface area (Å²) in [6.45, 7) is 6.21. The minimum atomic E-state index is 0.522. The molecule has 0 amide bonds. The number of benzene rings is 1. The van der Waals surface area contributed by atoms with E-state index in [1.165, 1.54) is 41.8 Å². The number of rotatable bonds is 3. The molecule has 1 aliphatic heterocycles. The quantitative estimate of drug-likeness (QED) is 0.885. The van der Waals surface area contributed by atoms with Gasteiger partial charge in [-0.25, -0.2) is 0 Å². The van der Waals surface area contributed by atoms with Crippen LogP contribution in [0.1, 0.15) is 31.4 Å². The van der Waals surface area contributed by atoms with Crippen molar-refractivity contribution in [3.8, 4) is 0 Å². The molecule has 0 aromatic heterocycles. The standard InChI is InChI=1S/C16H24N2/c1-12(2)15(11-17)10-13-6-7-16-14(9-13)5-4-8-18(16)3/h6-7,9-10,12H,4-5,8,11,17H2,1-3H3. The monoisotopic (exact) mass is 244 g/mol. The number of aryl methyl sites for hydroxylation is 1. The molecular weight excluding hydrogens is 220 g/mol. The predicted octanol–water partition coefficient (Wildman–Crippen LogP) is 3.07. The maximum atomic E-state index is 5.80. The van der Waals surface area contributed by atoms with E-state index in [0.717, 1.165) is 0 Å². The molecule has 0 unspecified atom stereocenters. The molecule has 0 saturated heterocycles. The summed E-state index contributed by atoms with van der Waals surface area (Å²) < 4.78 is 0. The first-order chi connectivity index (χ1) is 8.61. The minimum absolute atomic E-state index is 0.522. The van der Waals surface area contributed by atoms with E-state index in [-0.39, 0.29) is 0 Å². The Bertz CT molecular complexity index is 446. The Morgan fingerprint density at radius 3 is 2.89 bits per heavy atom. The normalized spacial score (nSPS) is 16.1. The van der Waals surface area contributed by atoms with Crippen LogP contribution in [0.5, 0.6) is 0 Å². The van der Waals surface area contributed by atoms with E-state index < -0.39 is 0 Å². The molecule has 18 heavy (non-hydrogen) atoms. The van der Waals surface area contributed by atoms with E-state index in [1.807, 2.05) is 0 Å². The molecule has 2 rings (SSSR count). The van der Waals surface area contributed by atoms with Gasteiger partial charge in [0.15, 0.2) is 0 Å². The predicted molar refractivity (Wildman–Crippen MR) is 79.9 cm³/mol. The van der Waals surface area contributed by atoms with Crippen molar-refractivity contribution in [1.82, 2.24) is 0 Å². The molecule has 1 aromatic rings. The first kappa shape index (κ1) is 13.2. The maximum absolute atomic E-state index is 5.80. The van der Waals surface area contributed by atoms with E-state index in [1.54, 1.807) is 0 Å². The lowest BCUT2D eigenvalue weighted by Crippen LogP contribution is -2.24. The van der Waals surface area contributed by atoms with Gasteiger partial charge in [0.2, 0.25) is 0 Å². The van der Waals surface area contributed by atoms with Gasteiger partial charge in [-0.3, -0.25) is 0 Å². The van der Waals surface area contributed by atoms with Crippen molar-refractivity contribution in [1.29, 1.82) is 0 Å². The van der Waals surface area contributed by atoms with Gasteiger partial charge in [0.1, 0.15) is 0 Å². The molecule has 0 spiro atoms. The van der Waals surface area contributed by atoms with Crippen LogP contribution in [-0.2, 0) is 6.42 Å². The molecule has 98 valence electrons. The second-order valence-electron chi connectivity index (χ2n) is 5.49. The van der Waals surface area contributed by atoms with E-state index in [2.05, 4.69) is 50.1 Å². The molecule has 2 heteroatoms. The Labute approximate surface area is 110 Å². The van der Waals surface area contributed by atoms with Gasteiger partial charge in [0, 0.05) is 25.8 Å². The largest absolute Gasteiger partial charge is 0.374 e. The second-order valence-corrected chi connectivity index (χ2v) is 5.49. The molecular formula is C16H24N2. The van der Waals surface area contributed by atoms with Crippen molar-refractivity contribution in [3.63, 3.8) is 0 Å². The van der Waals surface area contributed by atoms with Crippen molar-refractivity contribution < 1.29 is 0 Å². The third-order valence-electron chi connectivity index (χ3n) is 3.78. The Morgan fingerprint density at radius 2 is 2.22 bits per heavy atom. The number of nitrogens with zero attached hydrogens (tertiary/aromatic N) is 1. The average Bonchev–Trinajstić information content (AvgIpc) is 2.35. The van der Waals surface area contributed by atoms with Crippen LogP contribution < -0.4 is 10.6 Å². The van der Waals surface area contributed by atoms with E-state index in [9.17, 15) is 0 Å². The zero-order valence-electron chi connectivity index (χ0n) is 11.7. The van der Waals surface area contributed by atoms with Crippen LogP contribution in [0, 0.1) is 5.92 Å². The summed E-state index contributed by atoms with van der Waals surface area (Å²) >= 11 is 0. The Balaban J connectivity index is 2.31. The molecule has 1 aromatic carbocycles. The summed E-state index contributed by atoms with van der Waals surface area (Å²) in [5, 5.41) is 0. The Hall–Kier alpha value is -1.28. The minimum Gasteiger partial charge on any atom is -0.374 e. The summed E-state index contributed by atoms with van der Waals surface area (Å²) in [5.41, 5.74) is 11.3. The molecule has 0 bridgehead atoms. The molecule has 0 fully saturated rings. The summed E-state index contributed by atoms with van der Waals surface area (Å²) in [7, 11) is 2.17. The zero-order valence-corrected chi connectivity index (χ0v) is 11.7. The maximum Gasteiger partial charge on any atom is 0.0396 e. The molecule has 1 heterocycles. The molecule has 2 N–H and O–H groups in total. The van der Waals surface area contributed by atoms with Crippen LogP contribution in [0.2, 0.25) is 0 Å². The number of fused-ring (bicyclic) bond motifs is 1. The highest BCUT2D eigenvalue weighted by atomic mass is 15.1. The topological polar surface area (TPSA) is 29.3 Å². The fraction of sp³-hybridized carbons (Fsp3) is 0.500. The highest BCUT2D eigenvalue weighted by Crippen LogP contribution is 2.27. The van der Waals surface area contributed by atoms with Gasteiger partial charge in [-0.15, -0.1) is 0 Å². The number of hydrogen-bond donors (Lipinski definition) is 1. The summed E-state index contributed by atoms with van der Waals surface area (Å²) in [6.07, 6.45) is 4.70. The third kappa shape index (κ3) is 2.75. The van der Waals surface area contributed by atoms with Gasteiger partial charge in [-0.05, 0) is 42.0 Å². The fourth-order valence-corrected chi connectivity index (χ4v) is 2.57. The van der Waals surface area contributed by atoms with Crippen LogP contribution in [-0.4, -0.2) is 20.1 Å².